The molecule has 1 saturated carbocycles. The summed E-state index contributed by atoms with van der Waals surface area (Å²) < 4.78 is 5.99. The van der Waals surface area contributed by atoms with Crippen LogP contribution in [0.3, 0.4) is 0 Å². The van der Waals surface area contributed by atoms with E-state index < -0.39 is 0 Å². The van der Waals surface area contributed by atoms with Gasteiger partial charge in [-0.3, -0.25) is 15.0 Å². The van der Waals surface area contributed by atoms with Crippen LogP contribution in [0.4, 0.5) is 0 Å². The van der Waals surface area contributed by atoms with Crippen LogP contribution >= 0.6 is 17.0 Å². The van der Waals surface area contributed by atoms with Crippen LogP contribution < -0.4 is 10.1 Å². The number of halogens is 1. The van der Waals surface area contributed by atoms with Crippen LogP contribution in [0.25, 0.3) is 0 Å². The molecule has 0 atom stereocenters. The van der Waals surface area contributed by atoms with Crippen LogP contribution in [0.2, 0.25) is 0 Å². The Morgan fingerprint density at radius 1 is 1.05 bits per heavy atom. The fourth-order valence-corrected chi connectivity index (χ4v) is 4.69. The van der Waals surface area contributed by atoms with E-state index in [4.69, 9.17) is 10.1 Å². The summed E-state index contributed by atoms with van der Waals surface area (Å²) >= 11 is 0. The molecule has 0 bridgehead atoms. The molecule has 38 heavy (non-hydrogen) atoms. The van der Waals surface area contributed by atoms with E-state index in [1.165, 1.54) is 0 Å². The summed E-state index contributed by atoms with van der Waals surface area (Å²) in [4.78, 5) is 27.8. The summed E-state index contributed by atoms with van der Waals surface area (Å²) in [6, 6.07) is 7.12. The van der Waals surface area contributed by atoms with Gasteiger partial charge in [-0.2, -0.15) is 0 Å². The number of hydrogen-bond donors (Lipinski definition) is 3. The predicted molar refractivity (Wildman–Crippen MR) is 155 cm³/mol. The highest BCUT2D eigenvalue weighted by Gasteiger charge is 2.32. The highest BCUT2D eigenvalue weighted by Crippen LogP contribution is 2.40. The van der Waals surface area contributed by atoms with Crippen LogP contribution in [0, 0.1) is 11.3 Å². The minimum atomic E-state index is -0.343. The van der Waals surface area contributed by atoms with Crippen molar-refractivity contribution in [2.24, 2.45) is 5.92 Å². The number of rotatable bonds is 7. The fraction of sp³-hybridized carbons (Fsp3) is 0.500. The lowest BCUT2D eigenvalue weighted by Gasteiger charge is -2.28. The van der Waals surface area contributed by atoms with Gasteiger partial charge in [-0.25, -0.2) is 0 Å². The van der Waals surface area contributed by atoms with E-state index in [0.29, 0.717) is 41.5 Å². The molecule has 4 rings (SSSR count). The van der Waals surface area contributed by atoms with Crippen molar-refractivity contribution < 1.29 is 19.4 Å². The molecule has 2 aromatic rings. The Balaban J connectivity index is 0.00000400. The minimum Gasteiger partial charge on any atom is -0.507 e. The SMILES string of the molecule is Br.CNC(=O)c1cc2c(cc1OCC1CC1)CN(CC(=O)c1cc(C(C)(C)C)c(O)c(C(C)(C)C)c1)C2=N. The zero-order valence-corrected chi connectivity index (χ0v) is 25.2. The molecule has 206 valence electrons. The number of amidine groups is 1. The van der Waals surface area contributed by atoms with Gasteiger partial charge in [0.25, 0.3) is 5.91 Å². The number of carbonyl (C=O) groups excluding carboxylic acids is 2. The lowest BCUT2D eigenvalue weighted by Crippen LogP contribution is -2.31. The van der Waals surface area contributed by atoms with Gasteiger partial charge in [0.05, 0.1) is 18.7 Å². The van der Waals surface area contributed by atoms with E-state index in [1.807, 2.05) is 47.6 Å². The topological polar surface area (TPSA) is 103 Å². The monoisotopic (exact) mass is 585 g/mol. The molecule has 1 aliphatic heterocycles. The van der Waals surface area contributed by atoms with Gasteiger partial charge < -0.3 is 20.1 Å². The van der Waals surface area contributed by atoms with Gasteiger partial charge in [-0.1, -0.05) is 41.5 Å². The van der Waals surface area contributed by atoms with Crippen molar-refractivity contribution in [1.82, 2.24) is 10.2 Å². The average Bonchev–Trinajstić information content (AvgIpc) is 3.59. The first kappa shape index (κ1) is 29.7. The van der Waals surface area contributed by atoms with Crippen molar-refractivity contribution in [3.8, 4) is 11.5 Å². The molecular formula is C30H40BrN3O4. The number of ketones is 1. The molecule has 2 aromatic carbocycles. The van der Waals surface area contributed by atoms with E-state index in [1.54, 1.807) is 30.1 Å². The number of phenolic OH excluding ortho intramolecular Hbond substituents is 1. The maximum absolute atomic E-state index is 13.5. The molecule has 1 heterocycles. The molecule has 1 aliphatic carbocycles. The lowest BCUT2D eigenvalue weighted by atomic mass is 9.78. The fourth-order valence-electron chi connectivity index (χ4n) is 4.69. The third kappa shape index (κ3) is 6.06. The number of aromatic hydroxyl groups is 1. The molecular weight excluding hydrogens is 546 g/mol. The molecule has 0 aromatic heterocycles. The van der Waals surface area contributed by atoms with Crippen LogP contribution in [0.5, 0.6) is 11.5 Å². The maximum Gasteiger partial charge on any atom is 0.254 e. The summed E-state index contributed by atoms with van der Waals surface area (Å²) in [6.45, 7) is 13.1. The van der Waals surface area contributed by atoms with Crippen LogP contribution in [-0.2, 0) is 17.4 Å². The standard InChI is InChI=1S/C30H39N3O4.BrH/c1-29(2,3)22-10-18(11-23(26(22)35)30(4,5)6)24(34)15-33-14-19-12-25(37-16-17-8-9-17)21(28(36)32-7)13-20(19)27(33)31;/h10-13,17,31,35H,8-9,14-16H2,1-7H3,(H,32,36);1H. The van der Waals surface area contributed by atoms with Gasteiger partial charge in [0, 0.05) is 35.8 Å². The number of fused-ring (bicyclic) bond motifs is 1. The molecule has 2 aliphatic rings. The Morgan fingerprint density at radius 2 is 1.63 bits per heavy atom. The molecule has 0 radical (unpaired) electrons. The second-order valence-corrected chi connectivity index (χ2v) is 12.4. The zero-order chi connectivity index (χ0) is 27.3. The largest absolute Gasteiger partial charge is 0.507 e. The van der Waals surface area contributed by atoms with Crippen molar-refractivity contribution >= 4 is 34.5 Å². The number of benzene rings is 2. The van der Waals surface area contributed by atoms with Crippen LogP contribution in [0.15, 0.2) is 24.3 Å². The smallest absolute Gasteiger partial charge is 0.254 e. The average molecular weight is 587 g/mol. The third-order valence-corrected chi connectivity index (χ3v) is 7.16. The van der Waals surface area contributed by atoms with Crippen molar-refractivity contribution in [3.05, 3.63) is 57.6 Å². The van der Waals surface area contributed by atoms with Crippen molar-refractivity contribution in [2.75, 3.05) is 20.2 Å². The number of hydrogen-bond acceptors (Lipinski definition) is 5. The Hall–Kier alpha value is -2.87. The van der Waals surface area contributed by atoms with Gasteiger partial charge in [0.2, 0.25) is 0 Å². The Kier molecular flexibility index (Phi) is 8.37. The van der Waals surface area contributed by atoms with Crippen molar-refractivity contribution in [1.29, 1.82) is 5.41 Å². The van der Waals surface area contributed by atoms with E-state index in [0.717, 1.165) is 29.5 Å². The Morgan fingerprint density at radius 3 is 2.13 bits per heavy atom. The van der Waals surface area contributed by atoms with Crippen LogP contribution in [-0.4, -0.2) is 47.7 Å². The molecule has 0 unspecified atom stereocenters. The van der Waals surface area contributed by atoms with Gasteiger partial charge in [-0.15, -0.1) is 17.0 Å². The Bertz CT molecular complexity index is 1230. The number of nitrogens with zero attached hydrogens (tertiary/aromatic N) is 1. The second kappa shape index (κ2) is 10.7. The molecule has 1 fully saturated rings. The molecule has 7 nitrogen and oxygen atoms in total. The third-order valence-electron chi connectivity index (χ3n) is 7.16. The number of nitrogens with one attached hydrogen (secondary N) is 2. The van der Waals surface area contributed by atoms with Gasteiger partial charge in [-0.05, 0) is 59.4 Å². The first-order chi connectivity index (χ1) is 17.2. The summed E-state index contributed by atoms with van der Waals surface area (Å²) in [7, 11) is 1.58. The lowest BCUT2D eigenvalue weighted by molar-refractivity contribution is 0.0952. The maximum atomic E-state index is 13.5. The van der Waals surface area contributed by atoms with E-state index in [-0.39, 0.29) is 57.6 Å². The number of phenols is 1. The first-order valence-electron chi connectivity index (χ1n) is 13.0. The summed E-state index contributed by atoms with van der Waals surface area (Å²) in [6.07, 6.45) is 2.29. The van der Waals surface area contributed by atoms with E-state index >= 15 is 0 Å². The summed E-state index contributed by atoms with van der Waals surface area (Å²) in [5.41, 5.74) is 3.22. The van der Waals surface area contributed by atoms with Crippen molar-refractivity contribution in [3.63, 3.8) is 0 Å². The molecule has 1 amide bonds. The van der Waals surface area contributed by atoms with Crippen LogP contribution in [0.1, 0.15) is 97.4 Å². The second-order valence-electron chi connectivity index (χ2n) is 12.4. The quantitative estimate of drug-likeness (QED) is 0.360. The molecule has 8 heteroatoms. The number of ether oxygens (including phenoxy) is 1. The van der Waals surface area contributed by atoms with Crippen molar-refractivity contribution in [2.45, 2.75) is 71.8 Å². The van der Waals surface area contributed by atoms with Gasteiger partial charge in [0.1, 0.15) is 17.3 Å². The normalized spacial score (nSPS) is 15.1. The summed E-state index contributed by atoms with van der Waals surface area (Å²) in [5, 5.41) is 22.4. The highest BCUT2D eigenvalue weighted by molar-refractivity contribution is 8.93. The van der Waals surface area contributed by atoms with E-state index in [2.05, 4.69) is 5.32 Å². The predicted octanol–water partition coefficient (Wildman–Crippen LogP) is 5.74. The Labute approximate surface area is 236 Å². The summed E-state index contributed by atoms with van der Waals surface area (Å²) in [5.74, 6) is 1.13. The number of amides is 1. The molecule has 0 saturated heterocycles. The highest BCUT2D eigenvalue weighted by atomic mass is 79.9. The van der Waals surface area contributed by atoms with Gasteiger partial charge in [0.15, 0.2) is 5.78 Å². The first-order valence-corrected chi connectivity index (χ1v) is 13.0. The minimum absolute atomic E-state index is 0. The number of Topliss-reactive ketones (excluding diaryl/α,β-unsaturated/α-hetero) is 1. The molecule has 3 N–H and O–H groups in total. The molecule has 0 spiro atoms. The van der Waals surface area contributed by atoms with Gasteiger partial charge >= 0.3 is 0 Å². The van der Waals surface area contributed by atoms with E-state index in [9.17, 15) is 14.7 Å². The number of carbonyl (C=O) groups is 2. The zero-order valence-electron chi connectivity index (χ0n) is 23.4.